The lowest BCUT2D eigenvalue weighted by atomic mass is 9.83. The first kappa shape index (κ1) is 17.8. The number of anilines is 1. The van der Waals surface area contributed by atoms with Crippen LogP contribution in [-0.4, -0.2) is 33.7 Å². The number of piperidine rings is 1. The monoisotopic (exact) mass is 368 g/mol. The number of pyridine rings is 1. The fourth-order valence-corrected chi connectivity index (χ4v) is 4.34. The van der Waals surface area contributed by atoms with Gasteiger partial charge in [-0.1, -0.05) is 30.3 Å². The molecule has 4 rings (SSSR count). The number of aryl methyl sites for hydroxylation is 1. The average Bonchev–Trinajstić information content (AvgIpc) is 2.67. The Hall–Kier alpha value is -2.64. The molecule has 2 aromatic rings. The Bertz CT molecular complexity index is 894. The summed E-state index contributed by atoms with van der Waals surface area (Å²) >= 11 is 0. The van der Waals surface area contributed by atoms with E-state index in [0.29, 0.717) is 26.1 Å². The summed E-state index contributed by atoms with van der Waals surface area (Å²) < 4.78 is 1.58. The SMILES string of the molecule is O=C(CCc1ccccc1)N1C[C@H]2C[C@H](C1)c1ccc(N([O-])O)c(=O)n1C2. The van der Waals surface area contributed by atoms with E-state index in [1.807, 2.05) is 35.2 Å². The lowest BCUT2D eigenvalue weighted by molar-refractivity contribution is -0.133. The molecule has 2 bridgehead atoms. The van der Waals surface area contributed by atoms with Gasteiger partial charge in [-0.25, -0.2) is 0 Å². The molecule has 1 aromatic heterocycles. The molecule has 1 aromatic carbocycles. The van der Waals surface area contributed by atoms with E-state index in [1.165, 1.54) is 6.07 Å². The molecule has 1 amide bonds. The Kier molecular flexibility index (Phi) is 4.72. The topological polar surface area (TPSA) is 88.8 Å². The Morgan fingerprint density at radius 1 is 1.15 bits per heavy atom. The largest absolute Gasteiger partial charge is 0.733 e. The van der Waals surface area contributed by atoms with E-state index in [9.17, 15) is 14.8 Å². The van der Waals surface area contributed by atoms with Crippen molar-refractivity contribution in [3.63, 3.8) is 0 Å². The van der Waals surface area contributed by atoms with Crippen LogP contribution >= 0.6 is 0 Å². The fourth-order valence-electron chi connectivity index (χ4n) is 4.34. The summed E-state index contributed by atoms with van der Waals surface area (Å²) in [5, 5.41) is 19.8. The zero-order valence-corrected chi connectivity index (χ0v) is 15.0. The van der Waals surface area contributed by atoms with Crippen LogP contribution in [0.15, 0.2) is 47.3 Å². The molecule has 142 valence electrons. The number of carbonyl (C=O) groups excluding carboxylic acids is 1. The summed E-state index contributed by atoms with van der Waals surface area (Å²) in [5.74, 6) is 0.407. The van der Waals surface area contributed by atoms with Crippen molar-refractivity contribution in [2.75, 3.05) is 18.3 Å². The standard InChI is InChI=1S/C20H22N3O4/c24-19(9-6-14-4-2-1-3-5-14)21-11-15-10-16(13-21)17-7-8-18(23(26)27)20(25)22(17)12-15/h1-5,7-8,15-16,26H,6,9-13H2/q-1/t15-,16-/m1/s1. The summed E-state index contributed by atoms with van der Waals surface area (Å²) in [6.07, 6.45) is 2.13. The molecule has 0 spiro atoms. The molecule has 3 heterocycles. The van der Waals surface area contributed by atoms with Crippen molar-refractivity contribution in [3.05, 3.63) is 69.3 Å². The van der Waals surface area contributed by atoms with Crippen molar-refractivity contribution >= 4 is 11.6 Å². The van der Waals surface area contributed by atoms with Crippen LogP contribution in [0.2, 0.25) is 0 Å². The Morgan fingerprint density at radius 2 is 1.93 bits per heavy atom. The summed E-state index contributed by atoms with van der Waals surface area (Å²) in [7, 11) is 0. The average molecular weight is 368 g/mol. The molecular weight excluding hydrogens is 346 g/mol. The van der Waals surface area contributed by atoms with Crippen LogP contribution < -0.4 is 10.8 Å². The zero-order valence-electron chi connectivity index (χ0n) is 15.0. The molecule has 7 nitrogen and oxygen atoms in total. The van der Waals surface area contributed by atoms with Crippen molar-refractivity contribution in [1.29, 1.82) is 0 Å². The number of amides is 1. The quantitative estimate of drug-likeness (QED) is 0.835. The minimum Gasteiger partial charge on any atom is -0.733 e. The minimum absolute atomic E-state index is 0.0821. The molecule has 1 N–H and O–H groups in total. The summed E-state index contributed by atoms with van der Waals surface area (Å²) in [6, 6.07) is 13.0. The molecule has 1 fully saturated rings. The third-order valence-corrected chi connectivity index (χ3v) is 5.61. The molecule has 27 heavy (non-hydrogen) atoms. The fraction of sp³-hybridized carbons (Fsp3) is 0.400. The predicted molar refractivity (Wildman–Crippen MR) is 101 cm³/mol. The van der Waals surface area contributed by atoms with Crippen LogP contribution in [0, 0.1) is 11.1 Å². The normalized spacial score (nSPS) is 20.9. The van der Waals surface area contributed by atoms with Crippen LogP contribution in [0.5, 0.6) is 0 Å². The van der Waals surface area contributed by atoms with Crippen LogP contribution in [0.25, 0.3) is 0 Å². The van der Waals surface area contributed by atoms with E-state index in [-0.39, 0.29) is 28.7 Å². The van der Waals surface area contributed by atoms with Crippen LogP contribution in [0.1, 0.15) is 30.0 Å². The van der Waals surface area contributed by atoms with Gasteiger partial charge in [0, 0.05) is 37.7 Å². The van der Waals surface area contributed by atoms with Crippen LogP contribution in [0.4, 0.5) is 5.69 Å². The molecular formula is C20H22N3O4-. The lowest BCUT2D eigenvalue weighted by Crippen LogP contribution is -2.49. The molecule has 0 radical (unpaired) electrons. The van der Waals surface area contributed by atoms with E-state index in [4.69, 9.17) is 5.21 Å². The number of nitrogens with zero attached hydrogens (tertiary/aromatic N) is 3. The molecule has 2 aliphatic heterocycles. The number of rotatable bonds is 4. The molecule has 0 unspecified atom stereocenters. The number of benzene rings is 1. The van der Waals surface area contributed by atoms with Gasteiger partial charge in [0.05, 0.1) is 0 Å². The van der Waals surface area contributed by atoms with Gasteiger partial charge in [0.1, 0.15) is 5.69 Å². The van der Waals surface area contributed by atoms with E-state index in [0.717, 1.165) is 24.1 Å². The van der Waals surface area contributed by atoms with Crippen molar-refractivity contribution in [3.8, 4) is 0 Å². The first-order chi connectivity index (χ1) is 13.0. The highest BCUT2D eigenvalue weighted by molar-refractivity contribution is 5.76. The Morgan fingerprint density at radius 3 is 2.67 bits per heavy atom. The van der Waals surface area contributed by atoms with Crippen molar-refractivity contribution in [1.82, 2.24) is 9.47 Å². The van der Waals surface area contributed by atoms with Crippen LogP contribution in [-0.2, 0) is 17.8 Å². The second kappa shape index (κ2) is 7.17. The number of fused-ring (bicyclic) bond motifs is 4. The van der Waals surface area contributed by atoms with Crippen molar-refractivity contribution in [2.45, 2.75) is 31.7 Å². The summed E-state index contributed by atoms with van der Waals surface area (Å²) in [5.41, 5.74) is 1.25. The lowest BCUT2D eigenvalue weighted by Gasteiger charge is -2.43. The predicted octanol–water partition coefficient (Wildman–Crippen LogP) is 2.12. The number of carbonyl (C=O) groups is 1. The van der Waals surface area contributed by atoms with Crippen molar-refractivity contribution in [2.24, 2.45) is 5.92 Å². The number of hydrogen-bond donors (Lipinski definition) is 1. The first-order valence-corrected chi connectivity index (χ1v) is 9.24. The van der Waals surface area contributed by atoms with Gasteiger partial charge >= 0.3 is 0 Å². The van der Waals surface area contributed by atoms with Gasteiger partial charge in [-0.2, -0.15) is 0 Å². The maximum Gasteiger partial charge on any atom is 0.275 e. The molecule has 7 heteroatoms. The van der Waals surface area contributed by atoms with Crippen molar-refractivity contribution < 1.29 is 10.0 Å². The molecule has 1 saturated heterocycles. The Labute approximate surface area is 157 Å². The molecule has 2 aliphatic rings. The second-order valence-electron chi connectivity index (χ2n) is 7.42. The number of hydrogen-bond acceptors (Lipinski definition) is 5. The molecule has 0 saturated carbocycles. The van der Waals surface area contributed by atoms with E-state index in [1.54, 1.807) is 10.6 Å². The number of likely N-dealkylation sites (tertiary alicyclic amines) is 1. The van der Waals surface area contributed by atoms with Gasteiger partial charge in [-0.3, -0.25) is 14.8 Å². The van der Waals surface area contributed by atoms with E-state index >= 15 is 0 Å². The highest BCUT2D eigenvalue weighted by atomic mass is 16.8. The first-order valence-electron chi connectivity index (χ1n) is 9.24. The second-order valence-corrected chi connectivity index (χ2v) is 7.42. The minimum atomic E-state index is -0.469. The van der Waals surface area contributed by atoms with Gasteiger partial charge in [0.25, 0.3) is 5.56 Å². The summed E-state index contributed by atoms with van der Waals surface area (Å²) in [4.78, 5) is 27.1. The molecule has 2 atom stereocenters. The van der Waals surface area contributed by atoms with Crippen LogP contribution in [0.3, 0.4) is 0 Å². The highest BCUT2D eigenvalue weighted by Crippen LogP contribution is 2.35. The number of aromatic nitrogens is 1. The third kappa shape index (κ3) is 3.48. The molecule has 0 aliphatic carbocycles. The maximum absolute atomic E-state index is 12.7. The van der Waals surface area contributed by atoms with Gasteiger partial charge in [-0.05, 0) is 36.5 Å². The van der Waals surface area contributed by atoms with Gasteiger partial charge < -0.3 is 19.9 Å². The zero-order chi connectivity index (χ0) is 19.0. The van der Waals surface area contributed by atoms with E-state index in [2.05, 4.69) is 0 Å². The van der Waals surface area contributed by atoms with Gasteiger partial charge in [0.2, 0.25) is 5.91 Å². The smallest absolute Gasteiger partial charge is 0.275 e. The Balaban J connectivity index is 1.49. The highest BCUT2D eigenvalue weighted by Gasteiger charge is 2.36. The third-order valence-electron chi connectivity index (χ3n) is 5.61. The van der Waals surface area contributed by atoms with Gasteiger partial charge in [0.15, 0.2) is 0 Å². The van der Waals surface area contributed by atoms with E-state index < -0.39 is 5.56 Å². The van der Waals surface area contributed by atoms with Gasteiger partial charge in [-0.15, -0.1) is 0 Å². The summed E-state index contributed by atoms with van der Waals surface area (Å²) in [6.45, 7) is 1.68. The maximum atomic E-state index is 12.7.